The van der Waals surface area contributed by atoms with E-state index < -0.39 is 6.10 Å². The van der Waals surface area contributed by atoms with Gasteiger partial charge in [0.05, 0.1) is 11.8 Å². The van der Waals surface area contributed by atoms with Crippen molar-refractivity contribution in [3.63, 3.8) is 0 Å². The van der Waals surface area contributed by atoms with Gasteiger partial charge in [-0.05, 0) is 59.0 Å². The van der Waals surface area contributed by atoms with Gasteiger partial charge in [0.1, 0.15) is 12.4 Å². The molecule has 0 unspecified atom stereocenters. The third-order valence-electron chi connectivity index (χ3n) is 4.32. The van der Waals surface area contributed by atoms with Gasteiger partial charge in [0.25, 0.3) is 0 Å². The van der Waals surface area contributed by atoms with Crippen LogP contribution in [0.25, 0.3) is 5.69 Å². The van der Waals surface area contributed by atoms with Crippen molar-refractivity contribution in [1.29, 1.82) is 0 Å². The van der Waals surface area contributed by atoms with Gasteiger partial charge in [-0.15, -0.1) is 5.10 Å². The van der Waals surface area contributed by atoms with Crippen LogP contribution >= 0.6 is 0 Å². The van der Waals surface area contributed by atoms with E-state index in [1.165, 1.54) is 0 Å². The fourth-order valence-electron chi connectivity index (χ4n) is 3.13. The van der Waals surface area contributed by atoms with Gasteiger partial charge < -0.3 is 9.84 Å². The number of rotatable bonds is 4. The summed E-state index contributed by atoms with van der Waals surface area (Å²) >= 11 is 0. The average molecular weight is 322 g/mol. The maximum absolute atomic E-state index is 10.1. The Morgan fingerprint density at radius 2 is 2.00 bits per heavy atom. The Hall–Kier alpha value is -2.73. The van der Waals surface area contributed by atoms with Crippen LogP contribution in [0.3, 0.4) is 0 Å². The lowest BCUT2D eigenvalue weighted by atomic mass is 9.89. The molecular formula is C18H18N4O2. The van der Waals surface area contributed by atoms with Crippen molar-refractivity contribution < 1.29 is 9.84 Å². The molecule has 1 heterocycles. The molecule has 6 heteroatoms. The summed E-state index contributed by atoms with van der Waals surface area (Å²) in [7, 11) is 0. The van der Waals surface area contributed by atoms with Gasteiger partial charge in [-0.25, -0.2) is 0 Å². The Labute approximate surface area is 139 Å². The maximum atomic E-state index is 10.1. The normalized spacial score (nSPS) is 16.6. The van der Waals surface area contributed by atoms with E-state index in [-0.39, 0.29) is 6.61 Å². The van der Waals surface area contributed by atoms with Crippen LogP contribution in [0.5, 0.6) is 5.75 Å². The van der Waals surface area contributed by atoms with Gasteiger partial charge in [0.15, 0.2) is 5.82 Å². The number of benzene rings is 2. The molecule has 1 N–H and O–H groups in total. The number of hydrogen-bond donors (Lipinski definition) is 1. The molecule has 24 heavy (non-hydrogen) atoms. The molecule has 0 bridgehead atoms. The lowest BCUT2D eigenvalue weighted by Gasteiger charge is -2.23. The third-order valence-corrected chi connectivity index (χ3v) is 4.32. The highest BCUT2D eigenvalue weighted by molar-refractivity contribution is 5.43. The molecule has 0 amide bonds. The van der Waals surface area contributed by atoms with Gasteiger partial charge in [-0.1, -0.05) is 30.3 Å². The number of nitrogens with zero attached hydrogens (tertiary/aromatic N) is 4. The molecule has 0 fully saturated rings. The first-order valence-electron chi connectivity index (χ1n) is 8.08. The van der Waals surface area contributed by atoms with E-state index in [0.29, 0.717) is 5.82 Å². The predicted molar refractivity (Wildman–Crippen MR) is 87.8 cm³/mol. The van der Waals surface area contributed by atoms with E-state index in [0.717, 1.165) is 41.8 Å². The second-order valence-corrected chi connectivity index (χ2v) is 5.86. The monoisotopic (exact) mass is 322 g/mol. The van der Waals surface area contributed by atoms with Crippen molar-refractivity contribution in [2.75, 3.05) is 0 Å². The van der Waals surface area contributed by atoms with Crippen LogP contribution in [0.15, 0.2) is 48.5 Å². The second kappa shape index (κ2) is 6.41. The van der Waals surface area contributed by atoms with E-state index in [9.17, 15) is 5.11 Å². The lowest BCUT2D eigenvalue weighted by molar-refractivity contribution is 0.155. The van der Waals surface area contributed by atoms with Gasteiger partial charge >= 0.3 is 0 Å². The van der Waals surface area contributed by atoms with Crippen LogP contribution in [0, 0.1) is 0 Å². The number of fused-ring (bicyclic) bond motifs is 1. The van der Waals surface area contributed by atoms with Crippen LogP contribution in [0.4, 0.5) is 0 Å². The lowest BCUT2D eigenvalue weighted by Crippen LogP contribution is -2.12. The molecule has 0 aliphatic heterocycles. The molecule has 122 valence electrons. The van der Waals surface area contributed by atoms with Crippen LogP contribution in [-0.4, -0.2) is 25.3 Å². The summed E-state index contributed by atoms with van der Waals surface area (Å²) in [6.07, 6.45) is 2.30. The summed E-state index contributed by atoms with van der Waals surface area (Å²) in [6, 6.07) is 15.6. The molecule has 0 saturated heterocycles. The quantitative estimate of drug-likeness (QED) is 0.799. The molecule has 0 radical (unpaired) electrons. The fraction of sp³-hybridized carbons (Fsp3) is 0.278. The minimum absolute atomic E-state index is 0.272. The highest BCUT2D eigenvalue weighted by Gasteiger charge is 2.21. The van der Waals surface area contributed by atoms with Crippen molar-refractivity contribution in [2.24, 2.45) is 0 Å². The van der Waals surface area contributed by atoms with Crippen molar-refractivity contribution in [3.8, 4) is 11.4 Å². The summed E-state index contributed by atoms with van der Waals surface area (Å²) in [6.45, 7) is 0.272. The Kier molecular flexibility index (Phi) is 3.96. The van der Waals surface area contributed by atoms with E-state index in [1.807, 2.05) is 48.5 Å². The molecule has 0 saturated carbocycles. The maximum Gasteiger partial charge on any atom is 0.194 e. The minimum atomic E-state index is -0.396. The van der Waals surface area contributed by atoms with Crippen LogP contribution in [0.2, 0.25) is 0 Å². The molecule has 1 aliphatic carbocycles. The Balaban J connectivity index is 1.57. The molecule has 4 rings (SSSR count). The molecule has 3 aromatic rings. The average Bonchev–Trinajstić information content (AvgIpc) is 3.10. The number of aromatic nitrogens is 4. The number of aliphatic hydroxyl groups is 1. The molecule has 1 aliphatic rings. The standard InChI is InChI=1S/C18H18N4O2/c23-16-10-4-9-15-14(16)8-5-11-17(15)24-12-18-19-20-21-22(18)13-6-2-1-3-7-13/h1-3,5-8,11,16,23H,4,9-10,12H2/t16-/m0/s1. The molecule has 0 spiro atoms. The largest absolute Gasteiger partial charge is 0.485 e. The van der Waals surface area contributed by atoms with Crippen LogP contribution in [-0.2, 0) is 13.0 Å². The van der Waals surface area contributed by atoms with Gasteiger partial charge in [0.2, 0.25) is 0 Å². The van der Waals surface area contributed by atoms with Gasteiger partial charge in [0, 0.05) is 0 Å². The first kappa shape index (κ1) is 14.8. The number of para-hydroxylation sites is 1. The first-order chi connectivity index (χ1) is 11.8. The minimum Gasteiger partial charge on any atom is -0.485 e. The van der Waals surface area contributed by atoms with Gasteiger partial charge in [-0.2, -0.15) is 4.68 Å². The van der Waals surface area contributed by atoms with Crippen molar-refractivity contribution >= 4 is 0 Å². The number of aliphatic hydroxyl groups excluding tert-OH is 1. The second-order valence-electron chi connectivity index (χ2n) is 5.86. The summed E-state index contributed by atoms with van der Waals surface area (Å²) < 4.78 is 7.66. The summed E-state index contributed by atoms with van der Waals surface area (Å²) in [5, 5.41) is 22.0. The SMILES string of the molecule is O[C@H]1CCCc2c(OCc3nnnn3-c3ccccc3)cccc21. The number of hydrogen-bond acceptors (Lipinski definition) is 5. The topological polar surface area (TPSA) is 73.1 Å². The fourth-order valence-corrected chi connectivity index (χ4v) is 3.13. The van der Waals surface area contributed by atoms with Gasteiger partial charge in [-0.3, -0.25) is 0 Å². The van der Waals surface area contributed by atoms with Crippen molar-refractivity contribution in [2.45, 2.75) is 32.0 Å². The van der Waals surface area contributed by atoms with E-state index in [4.69, 9.17) is 4.74 Å². The Bertz CT molecular complexity index is 832. The Morgan fingerprint density at radius 3 is 2.88 bits per heavy atom. The zero-order valence-electron chi connectivity index (χ0n) is 13.2. The Morgan fingerprint density at radius 1 is 1.12 bits per heavy atom. The molecular weight excluding hydrogens is 304 g/mol. The summed E-state index contributed by atoms with van der Waals surface area (Å²) in [4.78, 5) is 0. The highest BCUT2D eigenvalue weighted by Crippen LogP contribution is 2.35. The number of tetrazole rings is 1. The summed E-state index contributed by atoms with van der Waals surface area (Å²) in [5.74, 6) is 1.43. The van der Waals surface area contributed by atoms with E-state index >= 15 is 0 Å². The number of ether oxygens (including phenoxy) is 1. The van der Waals surface area contributed by atoms with Crippen molar-refractivity contribution in [1.82, 2.24) is 20.2 Å². The zero-order chi connectivity index (χ0) is 16.4. The third kappa shape index (κ3) is 2.76. The van der Waals surface area contributed by atoms with E-state index in [1.54, 1.807) is 4.68 Å². The smallest absolute Gasteiger partial charge is 0.194 e. The van der Waals surface area contributed by atoms with E-state index in [2.05, 4.69) is 15.5 Å². The molecule has 2 aromatic carbocycles. The highest BCUT2D eigenvalue weighted by atomic mass is 16.5. The first-order valence-corrected chi connectivity index (χ1v) is 8.08. The van der Waals surface area contributed by atoms with Crippen LogP contribution in [0.1, 0.15) is 35.9 Å². The predicted octanol–water partition coefficient (Wildman–Crippen LogP) is 2.61. The molecule has 1 atom stereocenters. The van der Waals surface area contributed by atoms with Crippen LogP contribution < -0.4 is 4.74 Å². The zero-order valence-corrected chi connectivity index (χ0v) is 13.2. The molecule has 1 aromatic heterocycles. The van der Waals surface area contributed by atoms with Crippen molar-refractivity contribution in [3.05, 3.63) is 65.5 Å². The summed E-state index contributed by atoms with van der Waals surface area (Å²) in [5.41, 5.74) is 2.96. The molecule has 6 nitrogen and oxygen atoms in total.